The van der Waals surface area contributed by atoms with E-state index >= 15 is 0 Å². The SMILES string of the molecule is COC(=O)C1=C(C)N(CCc2ccc(OC)c(OC)c2)C(=O)/C1=C\c1cc(Br)ccc1O. The number of hydrogen-bond acceptors (Lipinski definition) is 6. The third-order valence-electron chi connectivity index (χ3n) is 5.26. The molecule has 0 saturated carbocycles. The lowest BCUT2D eigenvalue weighted by Crippen LogP contribution is -2.27. The number of carbonyl (C=O) groups is 2. The molecule has 0 aliphatic carbocycles. The Labute approximate surface area is 195 Å². The number of esters is 1. The molecule has 7 nitrogen and oxygen atoms in total. The maximum absolute atomic E-state index is 13.3. The van der Waals surface area contributed by atoms with Crippen LogP contribution < -0.4 is 9.47 Å². The lowest BCUT2D eigenvalue weighted by atomic mass is 10.0. The topological polar surface area (TPSA) is 85.3 Å². The average Bonchev–Trinajstić information content (AvgIpc) is 3.02. The summed E-state index contributed by atoms with van der Waals surface area (Å²) < 4.78 is 16.3. The second kappa shape index (κ2) is 9.91. The van der Waals surface area contributed by atoms with Crippen LogP contribution in [0.4, 0.5) is 0 Å². The van der Waals surface area contributed by atoms with Gasteiger partial charge < -0.3 is 24.2 Å². The van der Waals surface area contributed by atoms with Crippen molar-refractivity contribution in [2.24, 2.45) is 0 Å². The van der Waals surface area contributed by atoms with Gasteiger partial charge in [-0.2, -0.15) is 0 Å². The van der Waals surface area contributed by atoms with Crippen LogP contribution in [-0.4, -0.2) is 49.8 Å². The Bertz CT molecular complexity index is 1120. The second-order valence-corrected chi connectivity index (χ2v) is 8.02. The van der Waals surface area contributed by atoms with Crippen LogP contribution >= 0.6 is 15.9 Å². The number of halogens is 1. The molecule has 0 radical (unpaired) electrons. The Kier molecular flexibility index (Phi) is 7.25. The van der Waals surface area contributed by atoms with Crippen LogP contribution in [0.2, 0.25) is 0 Å². The highest BCUT2D eigenvalue weighted by Gasteiger charge is 2.36. The van der Waals surface area contributed by atoms with E-state index in [4.69, 9.17) is 14.2 Å². The van der Waals surface area contributed by atoms with Gasteiger partial charge in [-0.1, -0.05) is 22.0 Å². The molecule has 1 N–H and O–H groups in total. The van der Waals surface area contributed by atoms with Crippen molar-refractivity contribution in [3.05, 3.63) is 68.8 Å². The molecule has 2 aromatic rings. The van der Waals surface area contributed by atoms with Crippen molar-refractivity contribution in [2.75, 3.05) is 27.9 Å². The van der Waals surface area contributed by atoms with Crippen molar-refractivity contribution in [2.45, 2.75) is 13.3 Å². The van der Waals surface area contributed by atoms with Gasteiger partial charge in [0.05, 0.1) is 32.5 Å². The van der Waals surface area contributed by atoms with E-state index in [0.717, 1.165) is 10.0 Å². The third-order valence-corrected chi connectivity index (χ3v) is 5.76. The van der Waals surface area contributed by atoms with E-state index in [2.05, 4.69) is 15.9 Å². The number of rotatable bonds is 7. The molecular formula is C24H24BrNO6. The number of carbonyl (C=O) groups excluding carboxylic acids is 2. The molecule has 8 heteroatoms. The Morgan fingerprint density at radius 3 is 2.47 bits per heavy atom. The molecule has 0 fully saturated rings. The van der Waals surface area contributed by atoms with Crippen molar-refractivity contribution in [1.29, 1.82) is 0 Å². The highest BCUT2D eigenvalue weighted by Crippen LogP contribution is 2.34. The van der Waals surface area contributed by atoms with Crippen molar-refractivity contribution in [1.82, 2.24) is 4.90 Å². The molecule has 0 saturated heterocycles. The number of phenolic OH excluding ortho intramolecular Hbond substituents is 1. The molecule has 3 rings (SSSR count). The molecule has 0 aromatic heterocycles. The molecule has 0 unspecified atom stereocenters. The fraction of sp³-hybridized carbons (Fsp3) is 0.250. The Morgan fingerprint density at radius 2 is 1.81 bits per heavy atom. The summed E-state index contributed by atoms with van der Waals surface area (Å²) in [6.45, 7) is 2.06. The van der Waals surface area contributed by atoms with Crippen LogP contribution in [0.15, 0.2) is 57.7 Å². The minimum atomic E-state index is -0.606. The van der Waals surface area contributed by atoms with Gasteiger partial charge in [-0.3, -0.25) is 4.79 Å². The van der Waals surface area contributed by atoms with Crippen LogP contribution in [0.5, 0.6) is 17.2 Å². The number of ether oxygens (including phenoxy) is 3. The largest absolute Gasteiger partial charge is 0.507 e. The maximum Gasteiger partial charge on any atom is 0.340 e. The summed E-state index contributed by atoms with van der Waals surface area (Å²) in [7, 11) is 4.41. The number of amides is 1. The minimum Gasteiger partial charge on any atom is -0.507 e. The fourth-order valence-electron chi connectivity index (χ4n) is 3.57. The predicted octanol–water partition coefficient (Wildman–Crippen LogP) is 4.09. The van der Waals surface area contributed by atoms with Crippen molar-refractivity contribution < 1.29 is 28.9 Å². The van der Waals surface area contributed by atoms with Gasteiger partial charge in [0.15, 0.2) is 11.5 Å². The number of aromatic hydroxyl groups is 1. The van der Waals surface area contributed by atoms with Gasteiger partial charge >= 0.3 is 5.97 Å². The third kappa shape index (κ3) is 4.65. The number of allylic oxidation sites excluding steroid dienone is 1. The van der Waals surface area contributed by atoms with Crippen molar-refractivity contribution in [3.8, 4) is 17.2 Å². The fourth-order valence-corrected chi connectivity index (χ4v) is 3.95. The lowest BCUT2D eigenvalue weighted by Gasteiger charge is -2.18. The van der Waals surface area contributed by atoms with E-state index in [1.807, 2.05) is 18.2 Å². The molecule has 0 bridgehead atoms. The van der Waals surface area contributed by atoms with Crippen molar-refractivity contribution >= 4 is 33.9 Å². The lowest BCUT2D eigenvalue weighted by molar-refractivity contribution is -0.136. The maximum atomic E-state index is 13.3. The van der Waals surface area contributed by atoms with Crippen LogP contribution in [0.25, 0.3) is 6.08 Å². The van der Waals surface area contributed by atoms with E-state index < -0.39 is 5.97 Å². The van der Waals surface area contributed by atoms with Crippen LogP contribution in [-0.2, 0) is 20.7 Å². The summed E-state index contributed by atoms with van der Waals surface area (Å²) in [5.74, 6) is 0.287. The van der Waals surface area contributed by atoms with E-state index in [9.17, 15) is 14.7 Å². The molecule has 1 heterocycles. The Morgan fingerprint density at radius 1 is 1.09 bits per heavy atom. The van der Waals surface area contributed by atoms with Gasteiger partial charge in [-0.25, -0.2) is 4.79 Å². The summed E-state index contributed by atoms with van der Waals surface area (Å²) >= 11 is 3.36. The molecule has 1 aliphatic heterocycles. The quantitative estimate of drug-likeness (QED) is 0.454. The number of methoxy groups -OCH3 is 3. The molecule has 1 aliphatic rings. The van der Waals surface area contributed by atoms with E-state index in [-0.39, 0.29) is 22.8 Å². The molecular weight excluding hydrogens is 478 g/mol. The minimum absolute atomic E-state index is 0.000790. The highest BCUT2D eigenvalue weighted by atomic mass is 79.9. The summed E-state index contributed by atoms with van der Waals surface area (Å²) in [6, 6.07) is 10.4. The van der Waals surface area contributed by atoms with Gasteiger partial charge in [-0.05, 0) is 55.3 Å². The number of hydrogen-bond donors (Lipinski definition) is 1. The summed E-state index contributed by atoms with van der Waals surface area (Å²) in [6.07, 6.45) is 2.04. The van der Waals surface area contributed by atoms with E-state index in [0.29, 0.717) is 35.7 Å². The van der Waals surface area contributed by atoms with E-state index in [1.165, 1.54) is 19.3 Å². The number of benzene rings is 2. The summed E-state index contributed by atoms with van der Waals surface area (Å²) in [4.78, 5) is 27.3. The van der Waals surface area contributed by atoms with Crippen LogP contribution in [0.1, 0.15) is 18.1 Å². The van der Waals surface area contributed by atoms with Gasteiger partial charge in [0, 0.05) is 22.3 Å². The Balaban J connectivity index is 1.93. The number of nitrogens with zero attached hydrogens (tertiary/aromatic N) is 1. The molecule has 0 atom stereocenters. The second-order valence-electron chi connectivity index (χ2n) is 7.11. The van der Waals surface area contributed by atoms with Gasteiger partial charge in [-0.15, -0.1) is 0 Å². The first-order valence-corrected chi connectivity index (χ1v) is 10.6. The summed E-state index contributed by atoms with van der Waals surface area (Å²) in [5, 5.41) is 10.2. The Hall–Kier alpha value is -3.26. The normalized spacial score (nSPS) is 14.8. The predicted molar refractivity (Wildman–Crippen MR) is 123 cm³/mol. The first-order valence-electron chi connectivity index (χ1n) is 9.83. The molecule has 32 heavy (non-hydrogen) atoms. The monoisotopic (exact) mass is 501 g/mol. The average molecular weight is 502 g/mol. The van der Waals surface area contributed by atoms with Crippen LogP contribution in [0.3, 0.4) is 0 Å². The van der Waals surface area contributed by atoms with Gasteiger partial charge in [0.25, 0.3) is 5.91 Å². The van der Waals surface area contributed by atoms with Crippen molar-refractivity contribution in [3.63, 3.8) is 0 Å². The zero-order valence-electron chi connectivity index (χ0n) is 18.3. The summed E-state index contributed by atoms with van der Waals surface area (Å²) in [5.41, 5.74) is 2.23. The molecule has 1 amide bonds. The van der Waals surface area contributed by atoms with Gasteiger partial charge in [0.1, 0.15) is 5.75 Å². The molecule has 168 valence electrons. The first-order chi connectivity index (χ1) is 15.3. The smallest absolute Gasteiger partial charge is 0.340 e. The number of phenols is 1. The van der Waals surface area contributed by atoms with E-state index in [1.54, 1.807) is 38.2 Å². The zero-order chi connectivity index (χ0) is 23.4. The van der Waals surface area contributed by atoms with Gasteiger partial charge in [0.2, 0.25) is 0 Å². The molecule has 2 aromatic carbocycles. The highest BCUT2D eigenvalue weighted by molar-refractivity contribution is 9.10. The zero-order valence-corrected chi connectivity index (χ0v) is 19.9. The standard InChI is InChI=1S/C24H24BrNO6/c1-14-22(24(29)32-4)18(13-16-12-17(25)6-7-19(16)27)23(28)26(14)10-9-15-5-8-20(30-2)21(11-15)31-3/h5-8,11-13,27H,9-10H2,1-4H3/b18-13-. The van der Waals surface area contributed by atoms with Crippen LogP contribution in [0, 0.1) is 0 Å². The first kappa shape index (κ1) is 23.4. The molecule has 0 spiro atoms.